The first-order valence-corrected chi connectivity index (χ1v) is 21.3. The van der Waals surface area contributed by atoms with Crippen LogP contribution in [0.3, 0.4) is 0 Å². The van der Waals surface area contributed by atoms with Crippen LogP contribution in [0.25, 0.3) is 11.4 Å². The quantitative estimate of drug-likeness (QED) is 0.168. The lowest BCUT2D eigenvalue weighted by molar-refractivity contribution is 0.0178. The molecule has 2 aliphatic heterocycles. The molecule has 2 saturated heterocycles. The third kappa shape index (κ3) is 10.1. The monoisotopic (exact) mass is 858 g/mol. The van der Waals surface area contributed by atoms with Crippen molar-refractivity contribution in [1.29, 1.82) is 0 Å². The molecule has 0 bridgehead atoms. The van der Waals surface area contributed by atoms with Crippen molar-refractivity contribution in [3.8, 4) is 11.4 Å². The summed E-state index contributed by atoms with van der Waals surface area (Å²) in [6.07, 6.45) is 12.2. The Morgan fingerprint density at radius 3 is 1.63 bits per heavy atom. The number of piperidine rings is 2. The van der Waals surface area contributed by atoms with Gasteiger partial charge in [-0.15, -0.1) is 0 Å². The number of carbonyl (C=O) groups excluding carboxylic acids is 5. The number of aryl methyl sites for hydroxylation is 1. The van der Waals surface area contributed by atoms with E-state index in [1.807, 2.05) is 77.5 Å². The average molecular weight is 859 g/mol. The maximum absolute atomic E-state index is 13.3. The Morgan fingerprint density at radius 1 is 0.726 bits per heavy atom. The second-order valence-corrected chi connectivity index (χ2v) is 18.5. The molecule has 62 heavy (non-hydrogen) atoms. The van der Waals surface area contributed by atoms with Gasteiger partial charge in [-0.05, 0) is 110 Å². The molecule has 3 aromatic rings. The number of carbonyl (C=O) groups is 5. The summed E-state index contributed by atoms with van der Waals surface area (Å²) in [5, 5.41) is 0. The highest BCUT2D eigenvalue weighted by Crippen LogP contribution is 2.40. The van der Waals surface area contributed by atoms with E-state index in [0.29, 0.717) is 75.1 Å². The molecule has 2 fully saturated rings. The highest BCUT2D eigenvalue weighted by molar-refractivity contribution is 6.11. The Balaban J connectivity index is 0.000000207. The van der Waals surface area contributed by atoms with Gasteiger partial charge >= 0.3 is 24.1 Å². The summed E-state index contributed by atoms with van der Waals surface area (Å²) in [7, 11) is 6.53. The summed E-state index contributed by atoms with van der Waals surface area (Å²) in [6, 6.07) is 0.140. The maximum atomic E-state index is 13.3. The summed E-state index contributed by atoms with van der Waals surface area (Å²) in [5.74, 6) is -0.612. The van der Waals surface area contributed by atoms with E-state index in [0.717, 1.165) is 52.9 Å². The van der Waals surface area contributed by atoms with E-state index in [1.54, 1.807) is 22.2 Å². The van der Waals surface area contributed by atoms with E-state index in [9.17, 15) is 24.0 Å². The van der Waals surface area contributed by atoms with E-state index >= 15 is 0 Å². The van der Waals surface area contributed by atoms with Crippen molar-refractivity contribution in [2.75, 3.05) is 60.2 Å². The lowest BCUT2D eigenvalue weighted by Gasteiger charge is -2.35. The topological polar surface area (TPSA) is 194 Å². The van der Waals surface area contributed by atoms with Crippen LogP contribution in [0.4, 0.5) is 15.5 Å². The Labute approximate surface area is 363 Å². The van der Waals surface area contributed by atoms with Crippen LogP contribution in [0.5, 0.6) is 0 Å². The highest BCUT2D eigenvalue weighted by Gasteiger charge is 2.37. The Kier molecular flexibility index (Phi) is 13.4. The van der Waals surface area contributed by atoms with Crippen molar-refractivity contribution in [2.45, 2.75) is 116 Å². The normalized spacial score (nSPS) is 17.6. The van der Waals surface area contributed by atoms with Gasteiger partial charge in [-0.1, -0.05) is 0 Å². The largest absolute Gasteiger partial charge is 0.465 e. The number of rotatable bonds is 5. The number of nitrogen functional groups attached to an aromatic ring is 1. The minimum Gasteiger partial charge on any atom is -0.465 e. The van der Waals surface area contributed by atoms with E-state index in [1.165, 1.54) is 14.2 Å². The van der Waals surface area contributed by atoms with Crippen LogP contribution in [0.2, 0.25) is 0 Å². The van der Waals surface area contributed by atoms with Crippen molar-refractivity contribution in [3.05, 3.63) is 63.9 Å². The molecule has 2 N–H and O–H groups in total. The second-order valence-electron chi connectivity index (χ2n) is 18.5. The number of ketones is 1. The number of anilines is 1. The predicted octanol–water partition coefficient (Wildman–Crippen LogP) is 6.41. The summed E-state index contributed by atoms with van der Waals surface area (Å²) in [4.78, 5) is 76.9. The number of hydrogen-bond acceptors (Lipinski definition) is 13. The second kappa shape index (κ2) is 18.2. The van der Waals surface area contributed by atoms with Gasteiger partial charge in [0.15, 0.2) is 0 Å². The smallest absolute Gasteiger partial charge is 0.410 e. The van der Waals surface area contributed by atoms with Crippen molar-refractivity contribution in [2.24, 2.45) is 0 Å². The van der Waals surface area contributed by atoms with Crippen molar-refractivity contribution < 1.29 is 42.9 Å². The lowest BCUT2D eigenvalue weighted by Crippen LogP contribution is -2.42. The fourth-order valence-corrected chi connectivity index (χ4v) is 8.64. The van der Waals surface area contributed by atoms with E-state index in [2.05, 4.69) is 14.5 Å². The number of allylic oxidation sites excluding steroid dienone is 1. The van der Waals surface area contributed by atoms with Crippen molar-refractivity contribution in [1.82, 2.24) is 33.8 Å². The standard InChI is InChI=1S/C23H33N3O5.C22H29N5O4/c1-23(2,3)31-22(29)25-11-9-16(10-12-25)26-14-18(21(28)30-6)17-8-7-15(13-24(4)5)20(27)19(17)26;1-22(2,3)31-21(29)26-9-7-14(8-10-26)27-12-16(19(28)30-4)15-6-5-13-11-24-20(23)25-17(13)18(15)27/h13-14,16H,7-12H2,1-6H3;11-12,14H,5-10H2,1-4H3,(H2,23,24,25)/b15-13+;. The first kappa shape index (κ1) is 45.7. The third-order valence-corrected chi connectivity index (χ3v) is 11.4. The molecule has 0 unspecified atom stereocenters. The predicted molar refractivity (Wildman–Crippen MR) is 231 cm³/mol. The Morgan fingerprint density at radius 2 is 1.18 bits per heavy atom. The number of fused-ring (bicyclic) bond motifs is 4. The van der Waals surface area contributed by atoms with Crippen LogP contribution in [0.1, 0.15) is 134 Å². The third-order valence-electron chi connectivity index (χ3n) is 11.4. The van der Waals surface area contributed by atoms with Crippen LogP contribution in [-0.4, -0.2) is 129 Å². The van der Waals surface area contributed by atoms with Gasteiger partial charge in [0.2, 0.25) is 11.7 Å². The van der Waals surface area contributed by atoms with Crippen LogP contribution >= 0.6 is 0 Å². The number of ether oxygens (including phenoxy) is 4. The molecule has 0 spiro atoms. The van der Waals surface area contributed by atoms with Gasteiger partial charge in [0.05, 0.1) is 42.4 Å². The molecule has 17 heteroatoms. The fraction of sp³-hybridized carbons (Fsp3) is 0.578. The number of aromatic nitrogens is 4. The Bertz CT molecular complexity index is 2230. The number of likely N-dealkylation sites (tertiary alicyclic amines) is 2. The van der Waals surface area contributed by atoms with Gasteiger partial charge in [0.1, 0.15) is 11.2 Å². The van der Waals surface area contributed by atoms with Gasteiger partial charge in [0, 0.05) is 82.7 Å². The van der Waals surface area contributed by atoms with Gasteiger partial charge in [-0.3, -0.25) is 4.79 Å². The van der Waals surface area contributed by atoms with E-state index < -0.39 is 17.2 Å². The van der Waals surface area contributed by atoms with Crippen molar-refractivity contribution >= 4 is 35.9 Å². The highest BCUT2D eigenvalue weighted by atomic mass is 16.6. The molecule has 5 heterocycles. The summed E-state index contributed by atoms with van der Waals surface area (Å²) < 4.78 is 25.1. The zero-order chi connectivity index (χ0) is 45.3. The molecule has 4 aliphatic rings. The summed E-state index contributed by atoms with van der Waals surface area (Å²) in [5.41, 5.74) is 11.6. The molecule has 0 radical (unpaired) electrons. The number of Topliss-reactive ketones (excluding diaryl/α,β-unsaturated/α-hetero) is 1. The van der Waals surface area contributed by atoms with Gasteiger partial charge in [-0.2, -0.15) is 0 Å². The Hall–Kier alpha value is -5.87. The summed E-state index contributed by atoms with van der Waals surface area (Å²) in [6.45, 7) is 13.4. The number of methoxy groups -OCH3 is 2. The van der Waals surface area contributed by atoms with E-state index in [-0.39, 0.29) is 42.0 Å². The average Bonchev–Trinajstić information content (AvgIpc) is 3.81. The van der Waals surface area contributed by atoms with Crippen LogP contribution in [0, 0.1) is 0 Å². The lowest BCUT2D eigenvalue weighted by atomic mass is 9.89. The number of esters is 2. The van der Waals surface area contributed by atoms with E-state index in [4.69, 9.17) is 24.7 Å². The molecule has 17 nitrogen and oxygen atoms in total. The SMILES string of the molecule is COC(=O)c1cn(C2CCN(C(=O)OC(C)(C)C)CC2)c2c1CC/C(=C\N(C)C)C2=O.COC(=O)c1cn(C2CCN(C(=O)OC(C)(C)C)CC2)c2c1CCc1cnc(N)nc1-2. The number of nitrogens with zero attached hydrogens (tertiary/aromatic N) is 7. The molecule has 0 aromatic carbocycles. The first-order chi connectivity index (χ1) is 29.2. The molecular weight excluding hydrogens is 797 g/mol. The van der Waals surface area contributed by atoms with Gasteiger partial charge in [-0.25, -0.2) is 29.1 Å². The number of hydrogen-bond donors (Lipinski definition) is 1. The first-order valence-electron chi connectivity index (χ1n) is 21.3. The molecule has 336 valence electrons. The molecule has 0 atom stereocenters. The molecule has 7 rings (SSSR count). The van der Waals surface area contributed by atoms with Crippen molar-refractivity contribution in [3.63, 3.8) is 0 Å². The van der Waals surface area contributed by atoms with Crippen LogP contribution < -0.4 is 5.73 Å². The van der Waals surface area contributed by atoms with Gasteiger partial charge < -0.3 is 48.5 Å². The minimum absolute atomic E-state index is 0.0218. The van der Waals surface area contributed by atoms with Crippen LogP contribution in [0.15, 0.2) is 30.4 Å². The molecule has 3 aromatic heterocycles. The van der Waals surface area contributed by atoms with Gasteiger partial charge in [0.25, 0.3) is 0 Å². The molecule has 2 aliphatic carbocycles. The zero-order valence-electron chi connectivity index (χ0n) is 37.8. The molecule has 2 amide bonds. The minimum atomic E-state index is -0.537. The molecular formula is C45H62N8O9. The number of amides is 2. The zero-order valence-corrected chi connectivity index (χ0v) is 37.8. The number of nitrogens with two attached hydrogens (primary N) is 1. The summed E-state index contributed by atoms with van der Waals surface area (Å²) >= 11 is 0. The fourth-order valence-electron chi connectivity index (χ4n) is 8.64. The van der Waals surface area contributed by atoms with Crippen LogP contribution in [-0.2, 0) is 38.2 Å². The maximum Gasteiger partial charge on any atom is 0.410 e. The molecule has 0 saturated carbocycles.